The molecule has 28 heavy (non-hydrogen) atoms. The number of ether oxygens (including phenoxy) is 1. The van der Waals surface area contributed by atoms with Gasteiger partial charge in [-0.05, 0) is 62.7 Å². The lowest BCUT2D eigenvalue weighted by Gasteiger charge is -2.38. The van der Waals surface area contributed by atoms with E-state index in [0.717, 1.165) is 24.4 Å². The van der Waals surface area contributed by atoms with Crippen molar-refractivity contribution in [3.8, 4) is 0 Å². The van der Waals surface area contributed by atoms with E-state index in [2.05, 4.69) is 13.8 Å². The van der Waals surface area contributed by atoms with Crippen molar-refractivity contribution >= 4 is 0 Å². The predicted octanol–water partition coefficient (Wildman–Crippen LogP) is 9.09. The van der Waals surface area contributed by atoms with Crippen molar-refractivity contribution in [1.29, 1.82) is 0 Å². The molecule has 0 N–H and O–H groups in total. The molecular weight excluding hydrogens is 340 g/mol. The Hall–Kier alpha value is -0.0400. The normalized spacial score (nSPS) is 28.5. The van der Waals surface area contributed by atoms with Crippen LogP contribution in [0.3, 0.4) is 0 Å². The van der Waals surface area contributed by atoms with Crippen molar-refractivity contribution in [3.05, 3.63) is 0 Å². The third kappa shape index (κ3) is 10.1. The highest BCUT2D eigenvalue weighted by atomic mass is 16.5. The molecule has 1 heteroatoms. The first-order valence-electron chi connectivity index (χ1n) is 13.4. The summed E-state index contributed by atoms with van der Waals surface area (Å²) in [4.78, 5) is 0. The first kappa shape index (κ1) is 24.2. The molecule has 0 unspecified atom stereocenters. The molecule has 166 valence electrons. The number of rotatable bonds is 15. The summed E-state index contributed by atoms with van der Waals surface area (Å²) >= 11 is 0. The SMILES string of the molecule is CCCCCCCCCC1CCC(C2CCC(OCCCCCC)CC2)CC1. The molecule has 1 nitrogen and oxygen atoms in total. The van der Waals surface area contributed by atoms with E-state index < -0.39 is 0 Å². The summed E-state index contributed by atoms with van der Waals surface area (Å²) in [5.41, 5.74) is 0. The maximum atomic E-state index is 6.17. The van der Waals surface area contributed by atoms with Crippen molar-refractivity contribution in [2.24, 2.45) is 17.8 Å². The lowest BCUT2D eigenvalue weighted by molar-refractivity contribution is 0.00529. The zero-order valence-electron chi connectivity index (χ0n) is 19.6. The van der Waals surface area contributed by atoms with Gasteiger partial charge in [0.1, 0.15) is 0 Å². The lowest BCUT2D eigenvalue weighted by Crippen LogP contribution is -2.28. The summed E-state index contributed by atoms with van der Waals surface area (Å²) in [6.07, 6.45) is 29.4. The smallest absolute Gasteiger partial charge is 0.0575 e. The highest BCUT2D eigenvalue weighted by Gasteiger charge is 2.30. The van der Waals surface area contributed by atoms with E-state index in [4.69, 9.17) is 4.74 Å². The molecule has 2 aliphatic rings. The first-order chi connectivity index (χ1) is 13.8. The van der Waals surface area contributed by atoms with E-state index in [1.165, 1.54) is 128 Å². The minimum atomic E-state index is 0.589. The molecule has 0 saturated heterocycles. The second-order valence-electron chi connectivity index (χ2n) is 10.2. The van der Waals surface area contributed by atoms with Gasteiger partial charge in [0.15, 0.2) is 0 Å². The highest BCUT2D eigenvalue weighted by molar-refractivity contribution is 4.82. The van der Waals surface area contributed by atoms with Crippen molar-refractivity contribution in [2.45, 2.75) is 148 Å². The molecule has 0 spiro atoms. The van der Waals surface area contributed by atoms with Gasteiger partial charge in [-0.1, -0.05) is 97.3 Å². The van der Waals surface area contributed by atoms with Gasteiger partial charge in [0.2, 0.25) is 0 Å². The molecule has 2 saturated carbocycles. The molecule has 0 aliphatic heterocycles. The van der Waals surface area contributed by atoms with E-state index in [0.29, 0.717) is 6.10 Å². The fraction of sp³-hybridized carbons (Fsp3) is 1.00. The van der Waals surface area contributed by atoms with Crippen molar-refractivity contribution in [1.82, 2.24) is 0 Å². The van der Waals surface area contributed by atoms with Crippen LogP contribution in [0.15, 0.2) is 0 Å². The molecule has 0 radical (unpaired) electrons. The Kier molecular flexibility index (Phi) is 13.6. The summed E-state index contributed by atoms with van der Waals surface area (Å²) in [7, 11) is 0. The zero-order valence-corrected chi connectivity index (χ0v) is 19.6. The fourth-order valence-corrected chi connectivity index (χ4v) is 5.84. The van der Waals surface area contributed by atoms with Gasteiger partial charge in [0, 0.05) is 6.61 Å². The van der Waals surface area contributed by atoms with Gasteiger partial charge >= 0.3 is 0 Å². The fourth-order valence-electron chi connectivity index (χ4n) is 5.84. The van der Waals surface area contributed by atoms with Gasteiger partial charge in [0.25, 0.3) is 0 Å². The predicted molar refractivity (Wildman–Crippen MR) is 124 cm³/mol. The maximum absolute atomic E-state index is 6.17. The summed E-state index contributed by atoms with van der Waals surface area (Å²) in [6, 6.07) is 0. The average Bonchev–Trinajstić information content (AvgIpc) is 2.74. The Morgan fingerprint density at radius 2 is 1.04 bits per heavy atom. The second-order valence-corrected chi connectivity index (χ2v) is 10.2. The van der Waals surface area contributed by atoms with Crippen LogP contribution in [0.5, 0.6) is 0 Å². The van der Waals surface area contributed by atoms with Crippen LogP contribution in [-0.2, 0) is 4.74 Å². The number of hydrogen-bond donors (Lipinski definition) is 0. The van der Waals surface area contributed by atoms with Gasteiger partial charge in [-0.2, -0.15) is 0 Å². The van der Waals surface area contributed by atoms with E-state index in [1.54, 1.807) is 0 Å². The average molecular weight is 393 g/mol. The van der Waals surface area contributed by atoms with Gasteiger partial charge in [-0.25, -0.2) is 0 Å². The molecule has 0 aromatic heterocycles. The quantitative estimate of drug-likeness (QED) is 0.252. The van der Waals surface area contributed by atoms with Crippen molar-refractivity contribution < 1.29 is 4.74 Å². The van der Waals surface area contributed by atoms with E-state index in [-0.39, 0.29) is 0 Å². The maximum Gasteiger partial charge on any atom is 0.0575 e. The van der Waals surface area contributed by atoms with Gasteiger partial charge in [-0.3, -0.25) is 0 Å². The summed E-state index contributed by atoms with van der Waals surface area (Å²) in [6.45, 7) is 5.61. The van der Waals surface area contributed by atoms with Crippen LogP contribution >= 0.6 is 0 Å². The standard InChI is InChI=1S/C27H52O/c1-3-5-7-9-10-11-12-14-24-15-17-25(18-16-24)26-19-21-27(22-20-26)28-23-13-8-6-4-2/h24-27H,3-23H2,1-2H3. The van der Waals surface area contributed by atoms with Gasteiger partial charge in [-0.15, -0.1) is 0 Å². The van der Waals surface area contributed by atoms with Crippen LogP contribution in [0.25, 0.3) is 0 Å². The topological polar surface area (TPSA) is 9.23 Å². The van der Waals surface area contributed by atoms with E-state index >= 15 is 0 Å². The molecule has 0 aromatic rings. The number of unbranched alkanes of at least 4 members (excludes halogenated alkanes) is 9. The highest BCUT2D eigenvalue weighted by Crippen LogP contribution is 2.41. The molecule has 0 bridgehead atoms. The van der Waals surface area contributed by atoms with Gasteiger partial charge in [0.05, 0.1) is 6.10 Å². The Morgan fingerprint density at radius 1 is 0.536 bits per heavy atom. The van der Waals surface area contributed by atoms with Crippen LogP contribution < -0.4 is 0 Å². The Bertz CT molecular complexity index is 336. The largest absolute Gasteiger partial charge is 0.378 e. The second kappa shape index (κ2) is 15.8. The third-order valence-corrected chi connectivity index (χ3v) is 7.84. The molecular formula is C27H52O. The molecule has 0 amide bonds. The van der Waals surface area contributed by atoms with Crippen LogP contribution in [0, 0.1) is 17.8 Å². The lowest BCUT2D eigenvalue weighted by atomic mass is 9.70. The molecule has 2 fully saturated rings. The zero-order chi connectivity index (χ0) is 19.9. The summed E-state index contributed by atoms with van der Waals surface area (Å²) in [5.74, 6) is 3.14. The molecule has 0 aromatic carbocycles. The van der Waals surface area contributed by atoms with Crippen LogP contribution in [0.2, 0.25) is 0 Å². The minimum absolute atomic E-state index is 0.589. The Morgan fingerprint density at radius 3 is 1.64 bits per heavy atom. The van der Waals surface area contributed by atoms with E-state index in [1.807, 2.05) is 0 Å². The van der Waals surface area contributed by atoms with Crippen molar-refractivity contribution in [3.63, 3.8) is 0 Å². The van der Waals surface area contributed by atoms with Crippen molar-refractivity contribution in [2.75, 3.05) is 6.61 Å². The summed E-state index contributed by atoms with van der Waals surface area (Å²) < 4.78 is 6.17. The monoisotopic (exact) mass is 392 g/mol. The summed E-state index contributed by atoms with van der Waals surface area (Å²) in [5, 5.41) is 0. The Balaban J connectivity index is 1.46. The van der Waals surface area contributed by atoms with E-state index in [9.17, 15) is 0 Å². The van der Waals surface area contributed by atoms with Gasteiger partial charge < -0.3 is 4.74 Å². The van der Waals surface area contributed by atoms with Crippen LogP contribution in [0.1, 0.15) is 142 Å². The molecule has 2 aliphatic carbocycles. The molecule has 0 atom stereocenters. The first-order valence-corrected chi connectivity index (χ1v) is 13.4. The third-order valence-electron chi connectivity index (χ3n) is 7.84. The van der Waals surface area contributed by atoms with Crippen LogP contribution in [-0.4, -0.2) is 12.7 Å². The minimum Gasteiger partial charge on any atom is -0.378 e. The van der Waals surface area contributed by atoms with Crippen LogP contribution in [0.4, 0.5) is 0 Å². The molecule has 2 rings (SSSR count). The number of hydrogen-bond acceptors (Lipinski definition) is 1. The molecule has 0 heterocycles. The Labute approximate surface area is 177 Å².